The van der Waals surface area contributed by atoms with Crippen molar-refractivity contribution in [3.63, 3.8) is 0 Å². The van der Waals surface area contributed by atoms with E-state index in [0.717, 1.165) is 29.1 Å². The van der Waals surface area contributed by atoms with Crippen molar-refractivity contribution in [1.29, 1.82) is 0 Å². The molecule has 5 heteroatoms. The Morgan fingerprint density at radius 1 is 1.32 bits per heavy atom. The van der Waals surface area contributed by atoms with E-state index in [1.807, 2.05) is 30.9 Å². The van der Waals surface area contributed by atoms with Crippen molar-refractivity contribution < 1.29 is 9.84 Å². The number of benzene rings is 1. The largest absolute Gasteiger partial charge is 0.508 e. The number of aryl methyl sites for hydroxylation is 1. The molecule has 0 fully saturated rings. The van der Waals surface area contributed by atoms with Crippen molar-refractivity contribution >= 4 is 0 Å². The summed E-state index contributed by atoms with van der Waals surface area (Å²) in [6, 6.07) is 5.22. The fraction of sp³-hybridized carbons (Fsp3) is 0.357. The predicted octanol–water partition coefficient (Wildman–Crippen LogP) is 1.73. The Balaban J connectivity index is 1.97. The van der Waals surface area contributed by atoms with Gasteiger partial charge in [0.1, 0.15) is 11.5 Å². The molecule has 0 aliphatic carbocycles. The summed E-state index contributed by atoms with van der Waals surface area (Å²) in [4.78, 5) is 0. The lowest BCUT2D eigenvalue weighted by Gasteiger charge is -2.08. The third kappa shape index (κ3) is 3.06. The van der Waals surface area contributed by atoms with Gasteiger partial charge in [-0.15, -0.1) is 0 Å². The summed E-state index contributed by atoms with van der Waals surface area (Å²) in [7, 11) is 3.54. The number of nitrogens with zero attached hydrogens (tertiary/aromatic N) is 2. The van der Waals surface area contributed by atoms with Crippen LogP contribution in [-0.2, 0) is 20.1 Å². The molecule has 0 saturated heterocycles. The smallest absolute Gasteiger partial charge is 0.120 e. The maximum Gasteiger partial charge on any atom is 0.120 e. The molecule has 0 atom stereocenters. The topological polar surface area (TPSA) is 59.3 Å². The van der Waals surface area contributed by atoms with Crippen molar-refractivity contribution in [3.8, 4) is 11.5 Å². The van der Waals surface area contributed by atoms with Crippen molar-refractivity contribution in [1.82, 2.24) is 15.1 Å². The van der Waals surface area contributed by atoms with Crippen LogP contribution in [0.15, 0.2) is 24.4 Å². The Kier molecular flexibility index (Phi) is 4.06. The number of hydrogen-bond donors (Lipinski definition) is 2. The molecule has 1 aromatic heterocycles. The van der Waals surface area contributed by atoms with E-state index in [4.69, 9.17) is 4.74 Å². The lowest BCUT2D eigenvalue weighted by Crippen LogP contribution is -2.13. The first-order valence-electron chi connectivity index (χ1n) is 6.16. The highest BCUT2D eigenvalue weighted by Crippen LogP contribution is 2.22. The van der Waals surface area contributed by atoms with E-state index < -0.39 is 0 Å². The Labute approximate surface area is 112 Å². The summed E-state index contributed by atoms with van der Waals surface area (Å²) < 4.78 is 6.99. The molecule has 0 saturated carbocycles. The standard InChI is InChI=1S/C14H19N3O2/c1-10-12(9-16-17(10)2)8-15-7-11-6-13(19-3)4-5-14(11)18/h4-6,9,15,18H,7-8H2,1-3H3. The predicted molar refractivity (Wildman–Crippen MR) is 73.1 cm³/mol. The van der Waals surface area contributed by atoms with Crippen LogP contribution in [0.2, 0.25) is 0 Å². The second kappa shape index (κ2) is 5.75. The summed E-state index contributed by atoms with van der Waals surface area (Å²) in [5.74, 6) is 1.02. The first kappa shape index (κ1) is 13.4. The molecule has 0 amide bonds. The van der Waals surface area contributed by atoms with Gasteiger partial charge in [-0.2, -0.15) is 5.10 Å². The molecule has 0 aliphatic rings. The Bertz CT molecular complexity index is 564. The number of phenols is 1. The van der Waals surface area contributed by atoms with Crippen molar-refractivity contribution in [3.05, 3.63) is 41.2 Å². The first-order valence-corrected chi connectivity index (χ1v) is 6.16. The average Bonchev–Trinajstić information content (AvgIpc) is 2.73. The van der Waals surface area contributed by atoms with E-state index in [1.165, 1.54) is 0 Å². The SMILES string of the molecule is COc1ccc(O)c(CNCc2cnn(C)c2C)c1. The van der Waals surface area contributed by atoms with Crippen LogP contribution in [0.3, 0.4) is 0 Å². The number of aromatic nitrogens is 2. The second-order valence-electron chi connectivity index (χ2n) is 4.48. The maximum absolute atomic E-state index is 9.77. The maximum atomic E-state index is 9.77. The highest BCUT2D eigenvalue weighted by atomic mass is 16.5. The lowest BCUT2D eigenvalue weighted by atomic mass is 10.2. The molecule has 5 nitrogen and oxygen atoms in total. The van der Waals surface area contributed by atoms with E-state index in [1.54, 1.807) is 19.2 Å². The summed E-state index contributed by atoms with van der Waals surface area (Å²) in [6.07, 6.45) is 1.85. The van der Waals surface area contributed by atoms with Crippen LogP contribution < -0.4 is 10.1 Å². The van der Waals surface area contributed by atoms with Gasteiger partial charge >= 0.3 is 0 Å². The molecule has 1 aromatic carbocycles. The minimum absolute atomic E-state index is 0.274. The van der Waals surface area contributed by atoms with Gasteiger partial charge in [-0.1, -0.05) is 0 Å². The van der Waals surface area contributed by atoms with Gasteiger partial charge in [0.2, 0.25) is 0 Å². The fourth-order valence-corrected chi connectivity index (χ4v) is 1.88. The molecule has 2 N–H and O–H groups in total. The summed E-state index contributed by atoms with van der Waals surface area (Å²) in [5, 5.41) is 17.3. The molecule has 0 radical (unpaired) electrons. The van der Waals surface area contributed by atoms with Gasteiger partial charge < -0.3 is 15.2 Å². The zero-order valence-electron chi connectivity index (χ0n) is 11.5. The highest BCUT2D eigenvalue weighted by molar-refractivity contribution is 5.39. The zero-order valence-corrected chi connectivity index (χ0v) is 11.5. The molecule has 0 aliphatic heterocycles. The van der Waals surface area contributed by atoms with Crippen LogP contribution >= 0.6 is 0 Å². The number of ether oxygens (including phenoxy) is 1. The highest BCUT2D eigenvalue weighted by Gasteiger charge is 2.05. The van der Waals surface area contributed by atoms with Gasteiger partial charge in [0, 0.05) is 37.0 Å². The van der Waals surface area contributed by atoms with Crippen LogP contribution in [0.25, 0.3) is 0 Å². The summed E-state index contributed by atoms with van der Waals surface area (Å²) in [5.41, 5.74) is 3.12. The van der Waals surface area contributed by atoms with Gasteiger partial charge in [-0.05, 0) is 25.1 Å². The Morgan fingerprint density at radius 2 is 2.05 bits per heavy atom. The van der Waals surface area contributed by atoms with E-state index in [-0.39, 0.29) is 5.75 Å². The number of phenolic OH excluding ortho intramolecular Hbond substituents is 1. The second-order valence-corrected chi connectivity index (χ2v) is 4.48. The molecule has 0 spiro atoms. The lowest BCUT2D eigenvalue weighted by molar-refractivity contribution is 0.410. The molecule has 0 unspecified atom stereocenters. The zero-order chi connectivity index (χ0) is 13.8. The van der Waals surface area contributed by atoms with Crippen LogP contribution in [-0.4, -0.2) is 22.0 Å². The Hall–Kier alpha value is -2.01. The van der Waals surface area contributed by atoms with Crippen LogP contribution in [0, 0.1) is 6.92 Å². The molecule has 19 heavy (non-hydrogen) atoms. The normalized spacial score (nSPS) is 10.7. The van der Waals surface area contributed by atoms with Gasteiger partial charge in [0.25, 0.3) is 0 Å². The molecule has 1 heterocycles. The van der Waals surface area contributed by atoms with Crippen LogP contribution in [0.4, 0.5) is 0 Å². The number of nitrogens with one attached hydrogen (secondary N) is 1. The molecule has 2 rings (SSSR count). The van der Waals surface area contributed by atoms with Gasteiger partial charge in [-0.25, -0.2) is 0 Å². The van der Waals surface area contributed by atoms with Gasteiger partial charge in [-0.3, -0.25) is 4.68 Å². The average molecular weight is 261 g/mol. The molecular weight excluding hydrogens is 242 g/mol. The number of methoxy groups -OCH3 is 1. The van der Waals surface area contributed by atoms with E-state index in [9.17, 15) is 5.11 Å². The van der Waals surface area contributed by atoms with Crippen molar-refractivity contribution in [2.24, 2.45) is 7.05 Å². The quantitative estimate of drug-likeness (QED) is 0.860. The van der Waals surface area contributed by atoms with Crippen molar-refractivity contribution in [2.75, 3.05) is 7.11 Å². The summed E-state index contributed by atoms with van der Waals surface area (Å²) >= 11 is 0. The van der Waals surface area contributed by atoms with E-state index >= 15 is 0 Å². The van der Waals surface area contributed by atoms with E-state index in [0.29, 0.717) is 6.54 Å². The van der Waals surface area contributed by atoms with E-state index in [2.05, 4.69) is 10.4 Å². The molecule has 0 bridgehead atoms. The monoisotopic (exact) mass is 261 g/mol. The Morgan fingerprint density at radius 3 is 2.68 bits per heavy atom. The van der Waals surface area contributed by atoms with Crippen LogP contribution in [0.5, 0.6) is 11.5 Å². The number of rotatable bonds is 5. The fourth-order valence-electron chi connectivity index (χ4n) is 1.88. The molecule has 2 aromatic rings. The third-order valence-electron chi connectivity index (χ3n) is 3.25. The summed E-state index contributed by atoms with van der Waals surface area (Å²) in [6.45, 7) is 3.33. The molecular formula is C14H19N3O2. The first-order chi connectivity index (χ1) is 9.11. The minimum Gasteiger partial charge on any atom is -0.508 e. The van der Waals surface area contributed by atoms with Gasteiger partial charge in [0.15, 0.2) is 0 Å². The third-order valence-corrected chi connectivity index (χ3v) is 3.25. The minimum atomic E-state index is 0.274. The van der Waals surface area contributed by atoms with Crippen LogP contribution in [0.1, 0.15) is 16.8 Å². The number of aromatic hydroxyl groups is 1. The molecule has 102 valence electrons. The van der Waals surface area contributed by atoms with Crippen molar-refractivity contribution in [2.45, 2.75) is 20.0 Å². The van der Waals surface area contributed by atoms with Gasteiger partial charge in [0.05, 0.1) is 13.3 Å². The number of hydrogen-bond acceptors (Lipinski definition) is 4.